The topological polar surface area (TPSA) is 164 Å². The number of nitrogens with two attached hydrogens (primary N) is 1. The molecule has 0 fully saturated rings. The lowest BCUT2D eigenvalue weighted by atomic mass is 10.2. The van der Waals surface area contributed by atoms with Crippen LogP contribution in [0.25, 0.3) is 11.2 Å². The Balaban J connectivity index is 1.99. The fourth-order valence-electron chi connectivity index (χ4n) is 2.57. The summed E-state index contributed by atoms with van der Waals surface area (Å²) in [4.78, 5) is 51.8. The van der Waals surface area contributed by atoms with Gasteiger partial charge in [-0.15, -0.1) is 0 Å². The quantitative estimate of drug-likeness (QED) is 0.580. The van der Waals surface area contributed by atoms with Crippen molar-refractivity contribution in [2.45, 2.75) is 32.9 Å². The van der Waals surface area contributed by atoms with E-state index < -0.39 is 23.2 Å². The molecule has 0 spiro atoms. The first-order chi connectivity index (χ1) is 14.0. The standard InChI is InChI=1S/C19H20N6O5/c1-19(2,3)30-18(29)25(12-6-4-10(5-7-12)16(27)28)9-11-8-21-14-13(22-11)15(26)24-17(20)23-14/h4-8H,9H2,1-3H3,(H,27,28)(H3,20,21,23,24,26). The van der Waals surface area contributed by atoms with Gasteiger partial charge < -0.3 is 15.6 Å². The molecule has 11 nitrogen and oxygen atoms in total. The van der Waals surface area contributed by atoms with Crippen molar-refractivity contribution in [3.63, 3.8) is 0 Å². The monoisotopic (exact) mass is 412 g/mol. The third kappa shape index (κ3) is 4.69. The molecule has 0 unspecified atom stereocenters. The molecule has 4 N–H and O–H groups in total. The number of nitrogen functional groups attached to an aromatic ring is 1. The summed E-state index contributed by atoms with van der Waals surface area (Å²) >= 11 is 0. The Hall–Kier alpha value is -4.02. The summed E-state index contributed by atoms with van der Waals surface area (Å²) in [5.74, 6) is -1.17. The van der Waals surface area contributed by atoms with Gasteiger partial charge in [-0.25, -0.2) is 19.6 Å². The van der Waals surface area contributed by atoms with Crippen molar-refractivity contribution < 1.29 is 19.4 Å². The number of carboxylic acid groups (broad SMARTS) is 1. The average Bonchev–Trinajstić information content (AvgIpc) is 2.65. The molecule has 0 atom stereocenters. The van der Waals surface area contributed by atoms with E-state index >= 15 is 0 Å². The zero-order chi connectivity index (χ0) is 22.1. The van der Waals surface area contributed by atoms with Crippen LogP contribution in [0.1, 0.15) is 36.8 Å². The summed E-state index contributed by atoms with van der Waals surface area (Å²) in [6, 6.07) is 5.71. The lowest BCUT2D eigenvalue weighted by molar-refractivity contribution is 0.0576. The summed E-state index contributed by atoms with van der Waals surface area (Å²) in [7, 11) is 0. The van der Waals surface area contributed by atoms with E-state index in [-0.39, 0.29) is 29.2 Å². The SMILES string of the molecule is CC(C)(C)OC(=O)N(Cc1cnc2nc(N)[nH]c(=O)c2n1)c1ccc(C(=O)O)cc1. The molecule has 0 aliphatic carbocycles. The third-order valence-electron chi connectivity index (χ3n) is 3.85. The minimum absolute atomic E-state index is 0.0212. The van der Waals surface area contributed by atoms with Crippen molar-refractivity contribution >= 4 is 34.9 Å². The Kier molecular flexibility index (Phi) is 5.37. The molecular weight excluding hydrogens is 392 g/mol. The van der Waals surface area contributed by atoms with Crippen LogP contribution in [0.15, 0.2) is 35.3 Å². The van der Waals surface area contributed by atoms with Gasteiger partial charge in [-0.05, 0) is 45.0 Å². The smallest absolute Gasteiger partial charge is 0.415 e. The van der Waals surface area contributed by atoms with E-state index in [9.17, 15) is 14.4 Å². The highest BCUT2D eigenvalue weighted by atomic mass is 16.6. The maximum Gasteiger partial charge on any atom is 0.415 e. The van der Waals surface area contributed by atoms with Gasteiger partial charge >= 0.3 is 12.1 Å². The van der Waals surface area contributed by atoms with Crippen LogP contribution in [0.2, 0.25) is 0 Å². The molecule has 30 heavy (non-hydrogen) atoms. The Bertz CT molecular complexity index is 1170. The molecule has 1 aromatic carbocycles. The van der Waals surface area contributed by atoms with Crippen LogP contribution in [0.5, 0.6) is 0 Å². The first-order valence-electron chi connectivity index (χ1n) is 8.89. The highest BCUT2D eigenvalue weighted by Crippen LogP contribution is 2.21. The van der Waals surface area contributed by atoms with Crippen LogP contribution in [-0.4, -0.2) is 42.7 Å². The summed E-state index contributed by atoms with van der Waals surface area (Å²) in [6.07, 6.45) is 0.703. The number of nitrogens with one attached hydrogen (secondary N) is 1. The molecule has 2 aromatic heterocycles. The molecule has 11 heteroatoms. The van der Waals surface area contributed by atoms with Crippen LogP contribution < -0.4 is 16.2 Å². The Labute approximate surface area is 170 Å². The number of carbonyl (C=O) groups excluding carboxylic acids is 1. The number of hydrogen-bond donors (Lipinski definition) is 3. The number of benzene rings is 1. The molecule has 0 saturated carbocycles. The predicted octanol–water partition coefficient (Wildman–Crippen LogP) is 1.94. The van der Waals surface area contributed by atoms with Crippen molar-refractivity contribution in [2.24, 2.45) is 0 Å². The minimum Gasteiger partial charge on any atom is -0.478 e. The predicted molar refractivity (Wildman–Crippen MR) is 108 cm³/mol. The first kappa shape index (κ1) is 20.7. The Morgan fingerprint density at radius 3 is 2.47 bits per heavy atom. The summed E-state index contributed by atoms with van der Waals surface area (Å²) in [5, 5.41) is 9.09. The number of hydrogen-bond acceptors (Lipinski definition) is 8. The van der Waals surface area contributed by atoms with Gasteiger partial charge in [0.1, 0.15) is 5.60 Å². The zero-order valence-corrected chi connectivity index (χ0v) is 16.5. The van der Waals surface area contributed by atoms with Gasteiger partial charge in [-0.2, -0.15) is 4.98 Å². The van der Waals surface area contributed by atoms with Crippen molar-refractivity contribution in [3.05, 3.63) is 52.1 Å². The molecule has 2 heterocycles. The number of aromatic nitrogens is 4. The van der Waals surface area contributed by atoms with E-state index in [0.29, 0.717) is 11.4 Å². The van der Waals surface area contributed by atoms with E-state index in [1.807, 2.05) is 0 Å². The van der Waals surface area contributed by atoms with E-state index in [4.69, 9.17) is 15.6 Å². The lowest BCUT2D eigenvalue weighted by Crippen LogP contribution is -2.36. The molecular formula is C19H20N6O5. The number of aromatic carboxylic acids is 1. The van der Waals surface area contributed by atoms with Crippen LogP contribution in [0, 0.1) is 0 Å². The number of carboxylic acids is 1. The summed E-state index contributed by atoms with van der Waals surface area (Å²) in [5.41, 5.74) is 5.01. The van der Waals surface area contributed by atoms with Crippen LogP contribution >= 0.6 is 0 Å². The number of amides is 1. The molecule has 0 aliphatic heterocycles. The van der Waals surface area contributed by atoms with Gasteiger partial charge in [0.15, 0.2) is 11.2 Å². The zero-order valence-electron chi connectivity index (χ0n) is 16.5. The molecule has 1 amide bonds. The second-order valence-electron chi connectivity index (χ2n) is 7.40. The fourth-order valence-corrected chi connectivity index (χ4v) is 2.57. The normalized spacial score (nSPS) is 11.3. The lowest BCUT2D eigenvalue weighted by Gasteiger charge is -2.27. The van der Waals surface area contributed by atoms with Crippen molar-refractivity contribution in [2.75, 3.05) is 10.6 Å². The number of rotatable bonds is 4. The largest absolute Gasteiger partial charge is 0.478 e. The van der Waals surface area contributed by atoms with Gasteiger partial charge in [-0.3, -0.25) is 14.7 Å². The van der Waals surface area contributed by atoms with Crippen molar-refractivity contribution in [1.29, 1.82) is 0 Å². The summed E-state index contributed by atoms with van der Waals surface area (Å²) in [6.45, 7) is 5.10. The second-order valence-corrected chi connectivity index (χ2v) is 7.40. The van der Waals surface area contributed by atoms with Crippen LogP contribution in [0.4, 0.5) is 16.4 Å². The highest BCUT2D eigenvalue weighted by Gasteiger charge is 2.25. The molecule has 0 radical (unpaired) electrons. The minimum atomic E-state index is -1.09. The van der Waals surface area contributed by atoms with Crippen LogP contribution in [-0.2, 0) is 11.3 Å². The van der Waals surface area contributed by atoms with Gasteiger partial charge in [0.25, 0.3) is 5.56 Å². The van der Waals surface area contributed by atoms with Gasteiger partial charge in [0, 0.05) is 5.69 Å². The first-order valence-corrected chi connectivity index (χ1v) is 8.89. The number of ether oxygens (including phenoxy) is 1. The fraction of sp³-hybridized carbons (Fsp3) is 0.263. The molecule has 0 saturated heterocycles. The van der Waals surface area contributed by atoms with E-state index in [1.165, 1.54) is 35.4 Å². The number of anilines is 2. The molecule has 0 bridgehead atoms. The van der Waals surface area contributed by atoms with Crippen LogP contribution in [0.3, 0.4) is 0 Å². The highest BCUT2D eigenvalue weighted by molar-refractivity contribution is 5.91. The number of fused-ring (bicyclic) bond motifs is 1. The van der Waals surface area contributed by atoms with Crippen molar-refractivity contribution in [3.8, 4) is 0 Å². The van der Waals surface area contributed by atoms with Gasteiger partial charge in [0.05, 0.1) is 24.0 Å². The van der Waals surface area contributed by atoms with E-state index in [2.05, 4.69) is 19.9 Å². The Morgan fingerprint density at radius 2 is 1.87 bits per heavy atom. The number of nitrogens with zero attached hydrogens (tertiary/aromatic N) is 4. The third-order valence-corrected chi connectivity index (χ3v) is 3.85. The van der Waals surface area contributed by atoms with Gasteiger partial charge in [-0.1, -0.05) is 0 Å². The number of aromatic amines is 1. The Morgan fingerprint density at radius 1 is 1.20 bits per heavy atom. The van der Waals surface area contributed by atoms with Crippen molar-refractivity contribution in [1.82, 2.24) is 19.9 Å². The maximum atomic E-state index is 12.8. The number of H-pyrrole nitrogens is 1. The second kappa shape index (κ2) is 7.78. The molecule has 156 valence electrons. The summed E-state index contributed by atoms with van der Waals surface area (Å²) < 4.78 is 5.46. The number of carbonyl (C=O) groups is 2. The molecule has 0 aliphatic rings. The maximum absolute atomic E-state index is 12.8. The average molecular weight is 412 g/mol. The molecule has 3 rings (SSSR count). The van der Waals surface area contributed by atoms with E-state index in [1.54, 1.807) is 20.8 Å². The molecule has 3 aromatic rings. The van der Waals surface area contributed by atoms with E-state index in [0.717, 1.165) is 0 Å². The van der Waals surface area contributed by atoms with Gasteiger partial charge in [0.2, 0.25) is 5.95 Å².